The van der Waals surface area contributed by atoms with Crippen LogP contribution in [0.25, 0.3) is 0 Å². The Labute approximate surface area is 255 Å². The van der Waals surface area contributed by atoms with Crippen LogP contribution in [0, 0.1) is 0 Å². The molecule has 0 aliphatic carbocycles. The average molecular weight is 644 g/mol. The molecule has 0 heterocycles. The van der Waals surface area contributed by atoms with E-state index in [1.165, 1.54) is 54.6 Å². The van der Waals surface area contributed by atoms with E-state index in [-0.39, 0.29) is 70.8 Å². The van der Waals surface area contributed by atoms with Crippen LogP contribution >= 0.6 is 0 Å². The summed E-state index contributed by atoms with van der Waals surface area (Å²) >= 11 is 0. The molecular formula is C27H30FeN3O12. The Kier molecular flexibility index (Phi) is 16.0. The fourth-order valence-electron chi connectivity index (χ4n) is 3.10. The molecule has 0 spiro atoms. The molecule has 0 aliphatic rings. The Morgan fingerprint density at radius 1 is 0.488 bits per heavy atom. The van der Waals surface area contributed by atoms with E-state index in [4.69, 9.17) is 47.8 Å². The standard InChI is InChI=1S/3C9H11NO4.Fe/c3*10-6(9(13)14)3-5-1-2-7(11)8(12)4-5;/h3*1-2,4,6,11-12H,3,10H2,(H,13,14);/q;;;+3/p-3/t3*6-;/m000./s1. The molecule has 3 aromatic carbocycles. The molecule has 0 fully saturated rings. The molecule has 12 N–H and O–H groups in total. The van der Waals surface area contributed by atoms with Gasteiger partial charge in [-0.3, -0.25) is 0 Å². The van der Waals surface area contributed by atoms with Crippen molar-refractivity contribution in [3.8, 4) is 34.5 Å². The maximum absolute atomic E-state index is 10.3. The zero-order valence-corrected chi connectivity index (χ0v) is 23.4. The third kappa shape index (κ3) is 13.7. The third-order valence-corrected chi connectivity index (χ3v) is 5.39. The molecule has 0 aromatic heterocycles. The van der Waals surface area contributed by atoms with Crippen molar-refractivity contribution in [2.75, 3.05) is 0 Å². The molecule has 0 saturated heterocycles. The normalized spacial score (nSPS) is 12.1. The SMILES string of the molecule is N[C@@H](Cc1ccc(O)c(O)c1)C(=O)[O-].N[C@@H](Cc1ccc(O)c(O)c1)C(=O)[O-].N[C@@H](Cc1ccc(O)c(O)c1)C(=O)[O-].[Fe+3]. The average Bonchev–Trinajstić information content (AvgIpc) is 2.91. The number of nitrogens with two attached hydrogens (primary N) is 3. The molecule has 0 bridgehead atoms. The molecule has 43 heavy (non-hydrogen) atoms. The maximum Gasteiger partial charge on any atom is 3.00 e. The Morgan fingerprint density at radius 2 is 0.698 bits per heavy atom. The number of phenols is 6. The number of carboxylic acids is 3. The molecule has 0 amide bonds. The summed E-state index contributed by atoms with van der Waals surface area (Å²) in [6.45, 7) is 0. The first-order valence-electron chi connectivity index (χ1n) is 11.9. The summed E-state index contributed by atoms with van der Waals surface area (Å²) in [5.74, 6) is -5.70. The summed E-state index contributed by atoms with van der Waals surface area (Å²) in [7, 11) is 0. The van der Waals surface area contributed by atoms with Crippen LogP contribution < -0.4 is 32.5 Å². The smallest absolute Gasteiger partial charge is 0.548 e. The Balaban J connectivity index is 0.000000608. The van der Waals surface area contributed by atoms with Gasteiger partial charge in [0, 0.05) is 18.1 Å². The molecule has 3 atom stereocenters. The largest absolute Gasteiger partial charge is 3.00 e. The minimum atomic E-state index is -1.35. The number of phenolic OH excluding ortho intramolecular Hbond substituents is 6. The summed E-state index contributed by atoms with van der Waals surface area (Å²) in [5, 5.41) is 85.1. The monoisotopic (exact) mass is 644 g/mol. The number of carbonyl (C=O) groups is 3. The first-order valence-corrected chi connectivity index (χ1v) is 11.9. The van der Waals surface area contributed by atoms with E-state index < -0.39 is 36.0 Å². The number of carboxylic acid groups (broad SMARTS) is 3. The fourth-order valence-corrected chi connectivity index (χ4v) is 3.10. The summed E-state index contributed by atoms with van der Waals surface area (Å²) in [4.78, 5) is 30.9. The van der Waals surface area contributed by atoms with E-state index in [0.717, 1.165) is 0 Å². The van der Waals surface area contributed by atoms with Crippen LogP contribution in [0.15, 0.2) is 54.6 Å². The van der Waals surface area contributed by atoms with Crippen molar-refractivity contribution in [1.82, 2.24) is 0 Å². The van der Waals surface area contributed by atoms with Crippen molar-refractivity contribution >= 4 is 17.9 Å². The van der Waals surface area contributed by atoms with Crippen LogP contribution in [-0.4, -0.2) is 66.7 Å². The van der Waals surface area contributed by atoms with Crippen LogP contribution in [-0.2, 0) is 50.7 Å². The summed E-state index contributed by atoms with van der Waals surface area (Å²) < 4.78 is 0. The summed E-state index contributed by atoms with van der Waals surface area (Å²) in [6, 6.07) is 8.71. The summed E-state index contributed by atoms with van der Waals surface area (Å²) in [6.07, 6.45) is 0.155. The second kappa shape index (κ2) is 17.9. The third-order valence-electron chi connectivity index (χ3n) is 5.39. The fraction of sp³-hybridized carbons (Fsp3) is 0.222. The number of rotatable bonds is 9. The zero-order chi connectivity index (χ0) is 32.1. The minimum absolute atomic E-state index is 0. The van der Waals surface area contributed by atoms with Crippen LogP contribution in [0.5, 0.6) is 34.5 Å². The quantitative estimate of drug-likeness (QED) is 0.0795. The van der Waals surface area contributed by atoms with Gasteiger partial charge in [0.1, 0.15) is 0 Å². The van der Waals surface area contributed by atoms with Gasteiger partial charge in [0.15, 0.2) is 34.5 Å². The van der Waals surface area contributed by atoms with Crippen LogP contribution in [0.4, 0.5) is 0 Å². The van der Waals surface area contributed by atoms with Gasteiger partial charge in [0.25, 0.3) is 0 Å². The van der Waals surface area contributed by atoms with Crippen molar-refractivity contribution in [3.63, 3.8) is 0 Å². The maximum atomic E-state index is 10.3. The van der Waals surface area contributed by atoms with E-state index >= 15 is 0 Å². The molecule has 0 unspecified atom stereocenters. The molecular weight excluding hydrogens is 614 g/mol. The van der Waals surface area contributed by atoms with Gasteiger partial charge >= 0.3 is 17.1 Å². The number of hydrogen-bond donors (Lipinski definition) is 9. The van der Waals surface area contributed by atoms with E-state index in [1.54, 1.807) is 0 Å². The molecule has 16 heteroatoms. The molecule has 1 radical (unpaired) electrons. The van der Waals surface area contributed by atoms with Crippen LogP contribution in [0.1, 0.15) is 16.7 Å². The molecule has 15 nitrogen and oxygen atoms in total. The van der Waals surface area contributed by atoms with E-state index in [2.05, 4.69) is 0 Å². The van der Waals surface area contributed by atoms with Gasteiger partial charge in [0.2, 0.25) is 0 Å². The number of carbonyl (C=O) groups excluding carboxylic acids is 3. The first-order chi connectivity index (χ1) is 19.5. The Morgan fingerprint density at radius 3 is 0.860 bits per heavy atom. The second-order valence-corrected chi connectivity index (χ2v) is 8.86. The number of aromatic hydroxyl groups is 6. The molecule has 3 rings (SSSR count). The number of hydrogen-bond acceptors (Lipinski definition) is 15. The predicted molar refractivity (Wildman–Crippen MR) is 139 cm³/mol. The first kappa shape index (κ1) is 38.3. The van der Waals surface area contributed by atoms with Gasteiger partial charge in [-0.2, -0.15) is 0 Å². The molecule has 3 aromatic rings. The summed E-state index contributed by atoms with van der Waals surface area (Å²) in [5.41, 5.74) is 17.3. The molecule has 233 valence electrons. The van der Waals surface area contributed by atoms with Crippen LogP contribution in [0.2, 0.25) is 0 Å². The van der Waals surface area contributed by atoms with Crippen molar-refractivity contribution in [2.45, 2.75) is 37.4 Å². The topological polar surface area (TPSA) is 320 Å². The number of aliphatic carboxylic acids is 3. The predicted octanol–water partition coefficient (Wildman–Crippen LogP) is -3.85. The molecule has 0 aliphatic heterocycles. The van der Waals surface area contributed by atoms with Gasteiger partial charge < -0.3 is 77.5 Å². The van der Waals surface area contributed by atoms with E-state index in [0.29, 0.717) is 16.7 Å². The Hall–Kier alpha value is -4.73. The van der Waals surface area contributed by atoms with Crippen molar-refractivity contribution in [3.05, 3.63) is 71.3 Å². The number of benzene rings is 3. The van der Waals surface area contributed by atoms with Crippen LogP contribution in [0.3, 0.4) is 0 Å². The van der Waals surface area contributed by atoms with Crippen molar-refractivity contribution in [1.29, 1.82) is 0 Å². The van der Waals surface area contributed by atoms with Crippen molar-refractivity contribution < 1.29 is 77.4 Å². The molecule has 0 saturated carbocycles. The Bertz CT molecular complexity index is 1220. The minimum Gasteiger partial charge on any atom is -0.548 e. The van der Waals surface area contributed by atoms with E-state index in [1.807, 2.05) is 0 Å². The second-order valence-electron chi connectivity index (χ2n) is 8.86. The van der Waals surface area contributed by atoms with Gasteiger partial charge in [-0.05, 0) is 72.4 Å². The van der Waals surface area contributed by atoms with Gasteiger partial charge in [-0.25, -0.2) is 0 Å². The van der Waals surface area contributed by atoms with Gasteiger partial charge in [0.05, 0.1) is 17.9 Å². The van der Waals surface area contributed by atoms with E-state index in [9.17, 15) is 29.7 Å². The van der Waals surface area contributed by atoms with Gasteiger partial charge in [-0.1, -0.05) is 18.2 Å². The van der Waals surface area contributed by atoms with Gasteiger partial charge in [-0.15, -0.1) is 0 Å². The zero-order valence-electron chi connectivity index (χ0n) is 22.3. The van der Waals surface area contributed by atoms with Crippen molar-refractivity contribution in [2.24, 2.45) is 17.2 Å².